The molecule has 1 aliphatic rings. The van der Waals surface area contributed by atoms with Crippen LogP contribution in [0.25, 0.3) is 0 Å². The molecule has 1 saturated heterocycles. The van der Waals surface area contributed by atoms with Crippen LogP contribution >= 0.6 is 35.4 Å². The van der Waals surface area contributed by atoms with Gasteiger partial charge >= 0.3 is 0 Å². The molecule has 0 unspecified atom stereocenters. The maximum Gasteiger partial charge on any atom is 0.157 e. The smallest absolute Gasteiger partial charge is 0.157 e. The number of rotatable bonds is 6. The second-order valence-electron chi connectivity index (χ2n) is 7.88. The van der Waals surface area contributed by atoms with Crippen molar-refractivity contribution in [1.82, 2.24) is 9.80 Å². The number of halogens is 2. The Hall–Kier alpha value is -2.62. The van der Waals surface area contributed by atoms with E-state index < -0.39 is 0 Å². The molecule has 7 heteroatoms. The average molecular weight is 496 g/mol. The van der Waals surface area contributed by atoms with Crippen LogP contribution in [0.3, 0.4) is 0 Å². The molecule has 0 amide bonds. The van der Waals surface area contributed by atoms with Crippen LogP contribution in [0.15, 0.2) is 66.7 Å². The van der Waals surface area contributed by atoms with Gasteiger partial charge in [-0.1, -0.05) is 84.0 Å². The summed E-state index contributed by atoms with van der Waals surface area (Å²) in [5, 5.41) is 10.1. The summed E-state index contributed by atoms with van der Waals surface area (Å²) in [4.78, 5) is 5.37. The van der Waals surface area contributed by atoms with Gasteiger partial charge in [-0.3, -0.25) is 4.90 Å². The van der Waals surface area contributed by atoms with Crippen LogP contribution in [0.5, 0.6) is 5.75 Å². The third-order valence-electron chi connectivity index (χ3n) is 5.66. The number of ether oxygens (including phenoxy) is 1. The van der Waals surface area contributed by atoms with Crippen molar-refractivity contribution in [3.8, 4) is 11.8 Å². The Balaban J connectivity index is 1.38. The number of benzene rings is 3. The zero-order valence-corrected chi connectivity index (χ0v) is 20.3. The van der Waals surface area contributed by atoms with Crippen molar-refractivity contribution in [2.24, 2.45) is 0 Å². The van der Waals surface area contributed by atoms with Gasteiger partial charge in [-0.15, -0.1) is 0 Å². The van der Waals surface area contributed by atoms with Crippen molar-refractivity contribution in [3.05, 3.63) is 99.0 Å². The molecule has 0 atom stereocenters. The molecule has 33 heavy (non-hydrogen) atoms. The highest BCUT2D eigenvalue weighted by Crippen LogP contribution is 2.35. The van der Waals surface area contributed by atoms with Crippen LogP contribution in [0.4, 0.5) is 0 Å². The quantitative estimate of drug-likeness (QED) is 0.395. The lowest BCUT2D eigenvalue weighted by Gasteiger charge is -2.36. The molecule has 1 fully saturated rings. The minimum Gasteiger partial charge on any atom is -0.486 e. The normalized spacial score (nSPS) is 14.0. The van der Waals surface area contributed by atoms with E-state index in [4.69, 9.17) is 40.2 Å². The number of piperazine rings is 1. The maximum atomic E-state index is 9.26. The van der Waals surface area contributed by atoms with Gasteiger partial charge in [-0.25, -0.2) is 0 Å². The van der Waals surface area contributed by atoms with Gasteiger partial charge in [-0.2, -0.15) is 5.26 Å². The molecule has 0 N–H and O–H groups in total. The first-order valence-corrected chi connectivity index (χ1v) is 11.9. The second-order valence-corrected chi connectivity index (χ2v) is 9.08. The second kappa shape index (κ2) is 11.0. The first-order chi connectivity index (χ1) is 16.0. The minimum atomic E-state index is 0.205. The van der Waals surface area contributed by atoms with E-state index in [1.165, 1.54) is 5.56 Å². The molecule has 0 bridgehead atoms. The lowest BCUT2D eigenvalue weighted by atomic mass is 10.1. The van der Waals surface area contributed by atoms with E-state index in [0.717, 1.165) is 48.8 Å². The van der Waals surface area contributed by atoms with Gasteiger partial charge in [0, 0.05) is 43.9 Å². The fourth-order valence-electron chi connectivity index (χ4n) is 3.86. The van der Waals surface area contributed by atoms with E-state index in [-0.39, 0.29) is 6.61 Å². The lowest BCUT2D eigenvalue weighted by Crippen LogP contribution is -2.48. The average Bonchev–Trinajstić information content (AvgIpc) is 2.84. The minimum absolute atomic E-state index is 0.205. The van der Waals surface area contributed by atoms with Crippen LogP contribution in [0.1, 0.15) is 22.3 Å². The third-order valence-corrected chi connectivity index (χ3v) is 6.72. The fourth-order valence-corrected chi connectivity index (χ4v) is 4.76. The van der Waals surface area contributed by atoms with E-state index >= 15 is 0 Å². The fraction of sp³-hybridized carbons (Fsp3) is 0.231. The summed E-state index contributed by atoms with van der Waals surface area (Å²) in [7, 11) is 0. The zero-order chi connectivity index (χ0) is 23.2. The molecule has 1 heterocycles. The van der Waals surface area contributed by atoms with Crippen molar-refractivity contribution in [1.29, 1.82) is 5.26 Å². The predicted molar refractivity (Wildman–Crippen MR) is 137 cm³/mol. The largest absolute Gasteiger partial charge is 0.486 e. The number of nitriles is 1. The van der Waals surface area contributed by atoms with Gasteiger partial charge in [0.15, 0.2) is 5.75 Å². The summed E-state index contributed by atoms with van der Waals surface area (Å²) in [6.07, 6.45) is 0. The Kier molecular flexibility index (Phi) is 7.85. The monoisotopic (exact) mass is 495 g/mol. The van der Waals surface area contributed by atoms with Gasteiger partial charge in [0.05, 0.1) is 21.7 Å². The van der Waals surface area contributed by atoms with Crippen LogP contribution in [0, 0.1) is 11.3 Å². The van der Waals surface area contributed by atoms with Crippen molar-refractivity contribution in [3.63, 3.8) is 0 Å². The summed E-state index contributed by atoms with van der Waals surface area (Å²) in [5.41, 5.74) is 3.47. The molecule has 3 aromatic carbocycles. The summed E-state index contributed by atoms with van der Waals surface area (Å²) < 4.78 is 5.87. The number of hydrogen-bond acceptors (Lipinski definition) is 4. The third kappa shape index (κ3) is 5.85. The van der Waals surface area contributed by atoms with Crippen molar-refractivity contribution in [2.75, 3.05) is 26.2 Å². The molecular weight excluding hydrogens is 473 g/mol. The van der Waals surface area contributed by atoms with Crippen molar-refractivity contribution < 1.29 is 4.74 Å². The Bertz CT molecular complexity index is 1150. The molecule has 0 aliphatic carbocycles. The molecular formula is C26H23Cl2N3OS. The highest BCUT2D eigenvalue weighted by Gasteiger charge is 2.21. The van der Waals surface area contributed by atoms with Crippen molar-refractivity contribution in [2.45, 2.75) is 13.2 Å². The Morgan fingerprint density at radius 3 is 2.24 bits per heavy atom. The molecule has 0 saturated carbocycles. The number of hydrogen-bond donors (Lipinski definition) is 0. The van der Waals surface area contributed by atoms with Crippen molar-refractivity contribution >= 4 is 40.4 Å². The van der Waals surface area contributed by atoms with E-state index in [2.05, 4.69) is 40.1 Å². The summed E-state index contributed by atoms with van der Waals surface area (Å²) >= 11 is 18.8. The highest BCUT2D eigenvalue weighted by molar-refractivity contribution is 7.80. The topological polar surface area (TPSA) is 39.5 Å². The Labute approximate surface area is 209 Å². The van der Waals surface area contributed by atoms with Crippen LogP contribution in [-0.4, -0.2) is 41.0 Å². The van der Waals surface area contributed by atoms with E-state index in [1.54, 1.807) is 18.2 Å². The summed E-state index contributed by atoms with van der Waals surface area (Å²) in [6.45, 7) is 4.73. The van der Waals surface area contributed by atoms with E-state index in [9.17, 15) is 5.26 Å². The molecule has 4 rings (SSSR count). The van der Waals surface area contributed by atoms with Gasteiger partial charge in [0.2, 0.25) is 0 Å². The van der Waals surface area contributed by atoms with Gasteiger partial charge in [-0.05, 0) is 23.8 Å². The molecule has 1 aliphatic heterocycles. The molecule has 168 valence electrons. The molecule has 3 aromatic rings. The number of thiocarbonyl (C=S) groups is 1. The predicted octanol–water partition coefficient (Wildman–Crippen LogP) is 5.94. The van der Waals surface area contributed by atoms with E-state index in [0.29, 0.717) is 21.4 Å². The highest BCUT2D eigenvalue weighted by atomic mass is 35.5. The first-order valence-electron chi connectivity index (χ1n) is 10.7. The standard InChI is InChI=1S/C26H23Cl2N3OS/c27-23-14-22(15-24(28)25(23)32-18-21-9-5-4-8-20(21)16-29)26(33)31-12-10-30(11-13-31)17-19-6-2-1-3-7-19/h1-9,14-15H,10-13,17-18H2. The Morgan fingerprint density at radius 2 is 1.58 bits per heavy atom. The molecule has 0 radical (unpaired) electrons. The maximum absolute atomic E-state index is 9.26. The zero-order valence-electron chi connectivity index (χ0n) is 18.0. The Morgan fingerprint density at radius 1 is 0.939 bits per heavy atom. The van der Waals surface area contributed by atoms with Gasteiger partial charge in [0.1, 0.15) is 11.6 Å². The summed E-state index contributed by atoms with van der Waals surface area (Å²) in [6, 6.07) is 23.6. The molecule has 0 aromatic heterocycles. The van der Waals surface area contributed by atoms with Crippen LogP contribution in [0.2, 0.25) is 10.0 Å². The van der Waals surface area contributed by atoms with Crippen LogP contribution < -0.4 is 4.74 Å². The lowest BCUT2D eigenvalue weighted by molar-refractivity contribution is 0.177. The molecule has 4 nitrogen and oxygen atoms in total. The van der Waals surface area contributed by atoms with Crippen LogP contribution in [-0.2, 0) is 13.2 Å². The number of nitrogens with zero attached hydrogens (tertiary/aromatic N) is 3. The van der Waals surface area contributed by atoms with Gasteiger partial charge in [0.25, 0.3) is 0 Å². The molecule has 0 spiro atoms. The van der Waals surface area contributed by atoms with E-state index in [1.807, 2.05) is 24.3 Å². The summed E-state index contributed by atoms with van der Waals surface area (Å²) in [5.74, 6) is 0.394. The SMILES string of the molecule is N#Cc1ccccc1COc1c(Cl)cc(C(=S)N2CCN(Cc3ccccc3)CC2)cc1Cl. The van der Waals surface area contributed by atoms with Gasteiger partial charge < -0.3 is 9.64 Å². The first kappa shape index (κ1) is 23.5.